The molecule has 0 saturated heterocycles. The van der Waals surface area contributed by atoms with Crippen LogP contribution in [0, 0.1) is 5.92 Å². The predicted octanol–water partition coefficient (Wildman–Crippen LogP) is 6.43. The lowest BCUT2D eigenvalue weighted by molar-refractivity contribution is 0.379. The molecule has 210 valence electrons. The molecular weight excluding hydrogens is 558 g/mol. The molecule has 0 spiro atoms. The highest BCUT2D eigenvalue weighted by Crippen LogP contribution is 2.48. The van der Waals surface area contributed by atoms with Gasteiger partial charge in [0.05, 0.1) is 10.3 Å². The Labute approximate surface area is 241 Å². The summed E-state index contributed by atoms with van der Waals surface area (Å²) in [6.07, 6.45) is 3.23. The van der Waals surface area contributed by atoms with Crippen molar-refractivity contribution in [3.63, 3.8) is 0 Å². The Morgan fingerprint density at radius 3 is 2.56 bits per heavy atom. The lowest BCUT2D eigenvalue weighted by atomic mass is 9.86. The standard InChI is InChI=1S/C31H29N3O5S2/c1-2-20(16-19-8-4-3-5-9-19)25-18-24(35)29(31(36)39-25)28(21-14-15-21)22-10-6-11-23(17-22)33-41(37,38)27-13-7-12-26-30(27)32-34-40-26/h3-13,17-18,20-21,28,33,35H,2,14-16H2,1H3. The summed E-state index contributed by atoms with van der Waals surface area (Å²) < 4.78 is 39.7. The molecule has 0 amide bonds. The minimum Gasteiger partial charge on any atom is -0.507 e. The SMILES string of the molecule is CCC(Cc1ccccc1)c1cc(O)c(C(c2cccc(NS(=O)(=O)c3cccc4snnc34)c2)C2CC2)c(=O)o1. The molecule has 3 aromatic carbocycles. The molecule has 6 rings (SSSR count). The first-order valence-corrected chi connectivity index (χ1v) is 15.8. The number of benzene rings is 3. The molecule has 5 aromatic rings. The quantitative estimate of drug-likeness (QED) is 0.193. The summed E-state index contributed by atoms with van der Waals surface area (Å²) in [6.45, 7) is 2.03. The van der Waals surface area contributed by atoms with E-state index in [4.69, 9.17) is 4.42 Å². The van der Waals surface area contributed by atoms with Gasteiger partial charge in [0.25, 0.3) is 10.0 Å². The lowest BCUT2D eigenvalue weighted by Crippen LogP contribution is -2.18. The first-order chi connectivity index (χ1) is 19.8. The normalized spacial score (nSPS) is 15.0. The van der Waals surface area contributed by atoms with E-state index in [2.05, 4.69) is 14.3 Å². The number of nitrogens with one attached hydrogen (secondary N) is 1. The molecule has 10 heteroatoms. The Balaban J connectivity index is 1.32. The van der Waals surface area contributed by atoms with E-state index in [1.54, 1.807) is 36.4 Å². The van der Waals surface area contributed by atoms with E-state index >= 15 is 0 Å². The number of anilines is 1. The third-order valence-electron chi connectivity index (χ3n) is 7.64. The molecule has 0 radical (unpaired) electrons. The van der Waals surface area contributed by atoms with Crippen LogP contribution in [0.15, 0.2) is 93.0 Å². The van der Waals surface area contributed by atoms with Gasteiger partial charge in [-0.3, -0.25) is 4.72 Å². The number of hydrogen-bond acceptors (Lipinski definition) is 8. The van der Waals surface area contributed by atoms with Crippen LogP contribution >= 0.6 is 11.5 Å². The second-order valence-electron chi connectivity index (χ2n) is 10.5. The fraction of sp³-hybridized carbons (Fsp3) is 0.258. The fourth-order valence-electron chi connectivity index (χ4n) is 5.45. The second-order valence-corrected chi connectivity index (χ2v) is 12.9. The number of nitrogens with zero attached hydrogens (tertiary/aromatic N) is 2. The largest absolute Gasteiger partial charge is 0.507 e. The van der Waals surface area contributed by atoms with Crippen molar-refractivity contribution in [2.45, 2.75) is 49.3 Å². The van der Waals surface area contributed by atoms with Crippen molar-refractivity contribution >= 4 is 37.5 Å². The maximum Gasteiger partial charge on any atom is 0.343 e. The molecule has 2 N–H and O–H groups in total. The zero-order valence-electron chi connectivity index (χ0n) is 22.4. The zero-order chi connectivity index (χ0) is 28.6. The third-order valence-corrected chi connectivity index (χ3v) is 9.74. The molecular formula is C31H29N3O5S2. The number of sulfonamides is 1. The van der Waals surface area contributed by atoms with Crippen LogP contribution in [0.4, 0.5) is 5.69 Å². The van der Waals surface area contributed by atoms with Crippen LogP contribution in [-0.2, 0) is 16.4 Å². The number of rotatable bonds is 10. The van der Waals surface area contributed by atoms with E-state index in [1.807, 2.05) is 43.3 Å². The average molecular weight is 588 g/mol. The van der Waals surface area contributed by atoms with Gasteiger partial charge in [0.15, 0.2) is 0 Å². The molecule has 1 aliphatic rings. The van der Waals surface area contributed by atoms with E-state index in [0.717, 1.165) is 41.9 Å². The first-order valence-electron chi connectivity index (χ1n) is 13.6. The van der Waals surface area contributed by atoms with Crippen molar-refractivity contribution < 1.29 is 17.9 Å². The lowest BCUT2D eigenvalue weighted by Gasteiger charge is -2.20. The van der Waals surface area contributed by atoms with E-state index < -0.39 is 21.6 Å². The Hall–Kier alpha value is -4.02. The Bertz CT molecular complexity index is 1860. The summed E-state index contributed by atoms with van der Waals surface area (Å²) in [4.78, 5) is 13.5. The zero-order valence-corrected chi connectivity index (χ0v) is 24.0. The van der Waals surface area contributed by atoms with Crippen molar-refractivity contribution in [2.75, 3.05) is 4.72 Å². The molecule has 0 aliphatic heterocycles. The van der Waals surface area contributed by atoms with Crippen LogP contribution in [0.25, 0.3) is 10.2 Å². The van der Waals surface area contributed by atoms with Gasteiger partial charge in [-0.15, -0.1) is 5.10 Å². The van der Waals surface area contributed by atoms with Crippen LogP contribution < -0.4 is 10.3 Å². The Kier molecular flexibility index (Phi) is 7.35. The number of fused-ring (bicyclic) bond motifs is 1. The van der Waals surface area contributed by atoms with Gasteiger partial charge in [-0.25, -0.2) is 13.2 Å². The summed E-state index contributed by atoms with van der Waals surface area (Å²) in [6, 6.07) is 23.5. The van der Waals surface area contributed by atoms with Gasteiger partial charge >= 0.3 is 5.63 Å². The summed E-state index contributed by atoms with van der Waals surface area (Å²) in [7, 11) is -3.96. The molecule has 1 fully saturated rings. The van der Waals surface area contributed by atoms with Gasteiger partial charge in [0.2, 0.25) is 0 Å². The summed E-state index contributed by atoms with van der Waals surface area (Å²) in [5.74, 6) is 0.0324. The number of hydrogen-bond donors (Lipinski definition) is 2. The molecule has 0 bridgehead atoms. The summed E-state index contributed by atoms with van der Waals surface area (Å²) in [5, 5.41) is 15.2. The first kappa shape index (κ1) is 27.2. The molecule has 2 heterocycles. The highest BCUT2D eigenvalue weighted by atomic mass is 32.2. The van der Waals surface area contributed by atoms with E-state index in [0.29, 0.717) is 28.1 Å². The van der Waals surface area contributed by atoms with Crippen molar-refractivity contribution in [1.29, 1.82) is 0 Å². The van der Waals surface area contributed by atoms with Gasteiger partial charge < -0.3 is 9.52 Å². The minimum absolute atomic E-state index is 0.0442. The van der Waals surface area contributed by atoms with Crippen LogP contribution in [0.5, 0.6) is 5.75 Å². The van der Waals surface area contributed by atoms with Gasteiger partial charge in [-0.05, 0) is 78.5 Å². The highest BCUT2D eigenvalue weighted by Gasteiger charge is 2.38. The Morgan fingerprint density at radius 2 is 1.83 bits per heavy atom. The monoisotopic (exact) mass is 587 g/mol. The van der Waals surface area contributed by atoms with E-state index in [1.165, 1.54) is 6.07 Å². The van der Waals surface area contributed by atoms with Crippen LogP contribution in [0.2, 0.25) is 0 Å². The predicted molar refractivity (Wildman–Crippen MR) is 159 cm³/mol. The molecule has 2 unspecified atom stereocenters. The van der Waals surface area contributed by atoms with E-state index in [9.17, 15) is 18.3 Å². The molecule has 1 aliphatic carbocycles. The molecule has 1 saturated carbocycles. The van der Waals surface area contributed by atoms with Gasteiger partial charge in [0.1, 0.15) is 21.9 Å². The Morgan fingerprint density at radius 1 is 1.05 bits per heavy atom. The van der Waals surface area contributed by atoms with Crippen molar-refractivity contribution in [3.05, 3.63) is 112 Å². The summed E-state index contributed by atoms with van der Waals surface area (Å²) in [5.41, 5.74) is 2.18. The van der Waals surface area contributed by atoms with Crippen LogP contribution in [0.3, 0.4) is 0 Å². The number of aromatic nitrogens is 2. The van der Waals surface area contributed by atoms with Crippen LogP contribution in [-0.4, -0.2) is 23.1 Å². The topological polar surface area (TPSA) is 122 Å². The van der Waals surface area contributed by atoms with Gasteiger partial charge in [0, 0.05) is 23.6 Å². The van der Waals surface area contributed by atoms with Gasteiger partial charge in [-0.2, -0.15) is 0 Å². The highest BCUT2D eigenvalue weighted by molar-refractivity contribution is 7.93. The third kappa shape index (κ3) is 5.62. The fourth-order valence-corrected chi connectivity index (χ4v) is 7.31. The van der Waals surface area contributed by atoms with Crippen molar-refractivity contribution in [3.8, 4) is 5.75 Å². The number of aromatic hydroxyl groups is 1. The molecule has 2 atom stereocenters. The minimum atomic E-state index is -3.96. The summed E-state index contributed by atoms with van der Waals surface area (Å²) >= 11 is 1.13. The maximum absolute atomic E-state index is 13.4. The molecule has 41 heavy (non-hydrogen) atoms. The van der Waals surface area contributed by atoms with E-state index in [-0.39, 0.29) is 28.0 Å². The van der Waals surface area contributed by atoms with Crippen LogP contribution in [0.1, 0.15) is 60.5 Å². The van der Waals surface area contributed by atoms with Crippen molar-refractivity contribution in [2.24, 2.45) is 5.92 Å². The average Bonchev–Trinajstić information content (AvgIpc) is 3.68. The second kappa shape index (κ2) is 11.1. The molecule has 8 nitrogen and oxygen atoms in total. The maximum atomic E-state index is 13.4. The molecule has 2 aromatic heterocycles. The smallest absolute Gasteiger partial charge is 0.343 e. The van der Waals surface area contributed by atoms with Crippen molar-refractivity contribution in [1.82, 2.24) is 9.59 Å². The van der Waals surface area contributed by atoms with Gasteiger partial charge in [-0.1, -0.05) is 59.9 Å².